The van der Waals surface area contributed by atoms with E-state index in [2.05, 4.69) is 22.5 Å². The van der Waals surface area contributed by atoms with Crippen LogP contribution in [0, 0.1) is 0 Å². The molecule has 7 heteroatoms. The number of hydrogen-bond acceptors (Lipinski definition) is 5. The zero-order chi connectivity index (χ0) is 19.7. The fraction of sp³-hybridized carbons (Fsp3) is 0.650. The van der Waals surface area contributed by atoms with Gasteiger partial charge >= 0.3 is 0 Å². The van der Waals surface area contributed by atoms with Gasteiger partial charge in [-0.2, -0.15) is 0 Å². The van der Waals surface area contributed by atoms with E-state index in [-0.39, 0.29) is 13.2 Å². The molecule has 27 heavy (non-hydrogen) atoms. The van der Waals surface area contributed by atoms with Crippen LogP contribution < -0.4 is 20.1 Å². The number of nitrogens with one attached hydrogen (secondary N) is 2. The second-order valence-corrected chi connectivity index (χ2v) is 6.00. The number of aliphatic hydroxyl groups excluding tert-OH is 1. The molecule has 0 amide bonds. The molecule has 0 unspecified atom stereocenters. The van der Waals surface area contributed by atoms with Crippen LogP contribution in [0.2, 0.25) is 0 Å². The monoisotopic (exact) mass is 381 g/mol. The maximum absolute atomic E-state index is 8.88. The smallest absolute Gasteiger partial charge is 0.191 e. The third-order valence-corrected chi connectivity index (χ3v) is 3.74. The number of methoxy groups -OCH3 is 1. The maximum atomic E-state index is 8.88. The van der Waals surface area contributed by atoms with Gasteiger partial charge in [-0.3, -0.25) is 0 Å². The van der Waals surface area contributed by atoms with Gasteiger partial charge in [-0.15, -0.1) is 0 Å². The van der Waals surface area contributed by atoms with Crippen molar-refractivity contribution in [3.05, 3.63) is 23.8 Å². The predicted octanol–water partition coefficient (Wildman–Crippen LogP) is 2.33. The number of aliphatic hydroxyl groups is 1. The van der Waals surface area contributed by atoms with E-state index in [0.29, 0.717) is 18.0 Å². The quantitative estimate of drug-likeness (QED) is 0.261. The van der Waals surface area contributed by atoms with Gasteiger partial charge in [0.2, 0.25) is 0 Å². The van der Waals surface area contributed by atoms with Crippen molar-refractivity contribution in [3.63, 3.8) is 0 Å². The average Bonchev–Trinajstić information content (AvgIpc) is 2.69. The van der Waals surface area contributed by atoms with Crippen LogP contribution in [0.15, 0.2) is 23.2 Å². The van der Waals surface area contributed by atoms with Crippen LogP contribution in [0.4, 0.5) is 0 Å². The summed E-state index contributed by atoms with van der Waals surface area (Å²) >= 11 is 0. The molecule has 3 N–H and O–H groups in total. The highest BCUT2D eigenvalue weighted by atomic mass is 16.5. The molecule has 0 saturated carbocycles. The van der Waals surface area contributed by atoms with Crippen LogP contribution in [-0.2, 0) is 11.3 Å². The molecule has 0 saturated heterocycles. The lowest BCUT2D eigenvalue weighted by Gasteiger charge is -2.13. The average molecular weight is 382 g/mol. The molecule has 0 bridgehead atoms. The van der Waals surface area contributed by atoms with Gasteiger partial charge < -0.3 is 30.0 Å². The van der Waals surface area contributed by atoms with Gasteiger partial charge in [0.1, 0.15) is 6.61 Å². The largest absolute Gasteiger partial charge is 0.493 e. The lowest BCUT2D eigenvalue weighted by molar-refractivity contribution is 0.129. The molecular weight excluding hydrogens is 346 g/mol. The summed E-state index contributed by atoms with van der Waals surface area (Å²) in [6.45, 7) is 8.16. The van der Waals surface area contributed by atoms with Gasteiger partial charge in [-0.25, -0.2) is 4.99 Å². The van der Waals surface area contributed by atoms with Crippen LogP contribution in [0.3, 0.4) is 0 Å². The minimum atomic E-state index is -0.0312. The van der Waals surface area contributed by atoms with Gasteiger partial charge in [0, 0.05) is 26.3 Å². The number of aliphatic imine (C=N–C) groups is 1. The Bertz CT molecular complexity index is 538. The van der Waals surface area contributed by atoms with Crippen LogP contribution in [-0.4, -0.2) is 57.7 Å². The summed E-state index contributed by atoms with van der Waals surface area (Å²) < 4.78 is 16.4. The summed E-state index contributed by atoms with van der Waals surface area (Å²) in [6.07, 6.45) is 3.22. The number of guanidine groups is 1. The van der Waals surface area contributed by atoms with E-state index >= 15 is 0 Å². The normalized spacial score (nSPS) is 11.3. The van der Waals surface area contributed by atoms with Gasteiger partial charge in [-0.05, 0) is 37.5 Å². The zero-order valence-electron chi connectivity index (χ0n) is 16.9. The van der Waals surface area contributed by atoms with Crippen LogP contribution in [0.1, 0.15) is 38.7 Å². The molecular formula is C20H35N3O4. The first kappa shape index (κ1) is 23.0. The second kappa shape index (κ2) is 15.1. The van der Waals surface area contributed by atoms with Gasteiger partial charge in [-0.1, -0.05) is 19.4 Å². The summed E-state index contributed by atoms with van der Waals surface area (Å²) in [5, 5.41) is 15.5. The second-order valence-electron chi connectivity index (χ2n) is 6.00. The van der Waals surface area contributed by atoms with E-state index in [1.165, 1.54) is 0 Å². The minimum absolute atomic E-state index is 0.0312. The van der Waals surface area contributed by atoms with Crippen molar-refractivity contribution in [1.82, 2.24) is 10.6 Å². The SMILES string of the molecule is CCCCOCCCNC(=NCc1ccc(OCCO)c(OC)c1)NCC. The van der Waals surface area contributed by atoms with Crippen LogP contribution in [0.5, 0.6) is 11.5 Å². The third-order valence-electron chi connectivity index (χ3n) is 3.74. The van der Waals surface area contributed by atoms with E-state index in [1.54, 1.807) is 7.11 Å². The highest BCUT2D eigenvalue weighted by molar-refractivity contribution is 5.79. The minimum Gasteiger partial charge on any atom is -0.493 e. The molecule has 0 aliphatic heterocycles. The molecule has 0 aliphatic rings. The van der Waals surface area contributed by atoms with Gasteiger partial charge in [0.15, 0.2) is 17.5 Å². The van der Waals surface area contributed by atoms with Gasteiger partial charge in [0.05, 0.1) is 20.3 Å². The maximum Gasteiger partial charge on any atom is 0.191 e. The van der Waals surface area contributed by atoms with Crippen molar-refractivity contribution in [2.45, 2.75) is 39.7 Å². The number of ether oxygens (including phenoxy) is 3. The Kier molecular flexibility index (Phi) is 12.9. The summed E-state index contributed by atoms with van der Waals surface area (Å²) in [5.74, 6) is 2.04. The van der Waals surface area contributed by atoms with E-state index < -0.39 is 0 Å². The molecule has 0 atom stereocenters. The van der Waals surface area contributed by atoms with E-state index in [0.717, 1.165) is 57.1 Å². The van der Waals surface area contributed by atoms with Crippen LogP contribution in [0.25, 0.3) is 0 Å². The van der Waals surface area contributed by atoms with E-state index in [9.17, 15) is 0 Å². The summed E-state index contributed by atoms with van der Waals surface area (Å²) in [7, 11) is 1.60. The highest BCUT2D eigenvalue weighted by Crippen LogP contribution is 2.28. The third kappa shape index (κ3) is 10.1. The fourth-order valence-electron chi connectivity index (χ4n) is 2.33. The Morgan fingerprint density at radius 2 is 1.89 bits per heavy atom. The number of hydrogen-bond donors (Lipinski definition) is 3. The molecule has 7 nitrogen and oxygen atoms in total. The topological polar surface area (TPSA) is 84.3 Å². The Hall–Kier alpha value is -1.99. The molecule has 0 aromatic heterocycles. The molecule has 0 radical (unpaired) electrons. The van der Waals surface area contributed by atoms with Crippen molar-refractivity contribution >= 4 is 5.96 Å². The number of unbranched alkanes of at least 4 members (excludes halogenated alkanes) is 1. The molecule has 1 rings (SSSR count). The Morgan fingerprint density at radius 3 is 2.59 bits per heavy atom. The Balaban J connectivity index is 2.51. The molecule has 154 valence electrons. The number of benzene rings is 1. The summed E-state index contributed by atoms with van der Waals surface area (Å²) in [4.78, 5) is 4.62. The Morgan fingerprint density at radius 1 is 1.07 bits per heavy atom. The fourth-order valence-corrected chi connectivity index (χ4v) is 2.33. The molecule has 0 heterocycles. The first-order chi connectivity index (χ1) is 13.2. The predicted molar refractivity (Wildman–Crippen MR) is 109 cm³/mol. The van der Waals surface area contributed by atoms with Crippen molar-refractivity contribution in [3.8, 4) is 11.5 Å². The van der Waals surface area contributed by atoms with Crippen LogP contribution >= 0.6 is 0 Å². The van der Waals surface area contributed by atoms with Crippen molar-refractivity contribution in [2.75, 3.05) is 46.6 Å². The standard InChI is InChI=1S/C20H35N3O4/c1-4-6-12-26-13-7-10-22-20(21-5-2)23-16-17-8-9-18(27-14-11-24)19(15-17)25-3/h8-9,15,24H,4-7,10-14,16H2,1-3H3,(H2,21,22,23). The number of nitrogens with zero attached hydrogens (tertiary/aromatic N) is 1. The van der Waals surface area contributed by atoms with Crippen molar-refractivity contribution in [1.29, 1.82) is 0 Å². The molecule has 0 fully saturated rings. The molecule has 1 aromatic carbocycles. The lowest BCUT2D eigenvalue weighted by Crippen LogP contribution is -2.38. The highest BCUT2D eigenvalue weighted by Gasteiger charge is 2.06. The van der Waals surface area contributed by atoms with Gasteiger partial charge in [0.25, 0.3) is 0 Å². The first-order valence-corrected chi connectivity index (χ1v) is 9.75. The molecule has 1 aromatic rings. The summed E-state index contributed by atoms with van der Waals surface area (Å²) in [6, 6.07) is 5.69. The summed E-state index contributed by atoms with van der Waals surface area (Å²) in [5.41, 5.74) is 1.02. The van der Waals surface area contributed by atoms with E-state index in [4.69, 9.17) is 19.3 Å². The van der Waals surface area contributed by atoms with E-state index in [1.807, 2.05) is 25.1 Å². The van der Waals surface area contributed by atoms with Crippen molar-refractivity contribution < 1.29 is 19.3 Å². The zero-order valence-corrected chi connectivity index (χ0v) is 16.9. The van der Waals surface area contributed by atoms with Crippen molar-refractivity contribution in [2.24, 2.45) is 4.99 Å². The lowest BCUT2D eigenvalue weighted by atomic mass is 10.2. The first-order valence-electron chi connectivity index (χ1n) is 9.75. The molecule has 0 aliphatic carbocycles. The molecule has 0 spiro atoms. The Labute approximate surface area is 163 Å². The number of rotatable bonds is 14.